The van der Waals surface area contributed by atoms with E-state index in [9.17, 15) is 4.79 Å². The second-order valence-electron chi connectivity index (χ2n) is 5.29. The molecule has 0 aliphatic rings. The van der Waals surface area contributed by atoms with Crippen molar-refractivity contribution in [1.29, 1.82) is 0 Å². The molecular formula is C17H13N5OS2. The highest BCUT2D eigenvalue weighted by Crippen LogP contribution is 2.30. The maximum atomic E-state index is 12.4. The molecule has 1 aromatic carbocycles. The Morgan fingerprint density at radius 3 is 2.76 bits per heavy atom. The molecule has 3 aromatic heterocycles. The van der Waals surface area contributed by atoms with Crippen molar-refractivity contribution in [3.05, 3.63) is 64.6 Å². The van der Waals surface area contributed by atoms with E-state index in [2.05, 4.69) is 33.6 Å². The molecule has 1 amide bonds. The Labute approximate surface area is 151 Å². The van der Waals surface area contributed by atoms with E-state index in [1.807, 2.05) is 41.8 Å². The van der Waals surface area contributed by atoms with Crippen molar-refractivity contribution in [1.82, 2.24) is 20.0 Å². The largest absolute Gasteiger partial charge is 0.296 e. The van der Waals surface area contributed by atoms with Gasteiger partial charge in [-0.25, -0.2) is 9.67 Å². The SMILES string of the molecule is Cc1ccc(-c2csc(NC(=O)c3cn(-c4ccccc4)nn3)n2)s1. The first-order chi connectivity index (χ1) is 12.2. The van der Waals surface area contributed by atoms with E-state index in [-0.39, 0.29) is 11.6 Å². The third-order valence-corrected chi connectivity index (χ3v) is 5.25. The quantitative estimate of drug-likeness (QED) is 0.591. The van der Waals surface area contributed by atoms with Gasteiger partial charge in [0.05, 0.1) is 22.5 Å². The van der Waals surface area contributed by atoms with Gasteiger partial charge in [-0.2, -0.15) is 0 Å². The van der Waals surface area contributed by atoms with Crippen LogP contribution in [0.3, 0.4) is 0 Å². The summed E-state index contributed by atoms with van der Waals surface area (Å²) in [5, 5.41) is 13.2. The smallest absolute Gasteiger partial charge is 0.279 e. The lowest BCUT2D eigenvalue weighted by Gasteiger charge is -1.98. The minimum atomic E-state index is -0.328. The molecule has 0 radical (unpaired) electrons. The molecule has 0 fully saturated rings. The zero-order valence-corrected chi connectivity index (χ0v) is 14.8. The highest BCUT2D eigenvalue weighted by molar-refractivity contribution is 7.17. The summed E-state index contributed by atoms with van der Waals surface area (Å²) in [5.41, 5.74) is 1.96. The predicted molar refractivity (Wildman–Crippen MR) is 99.5 cm³/mol. The summed E-state index contributed by atoms with van der Waals surface area (Å²) in [6, 6.07) is 13.6. The average Bonchev–Trinajstić information content (AvgIpc) is 3.35. The molecule has 0 aliphatic carbocycles. The number of thiazole rings is 1. The molecule has 8 heteroatoms. The van der Waals surface area contributed by atoms with Crippen molar-refractivity contribution in [2.75, 3.05) is 5.32 Å². The molecule has 25 heavy (non-hydrogen) atoms. The number of rotatable bonds is 4. The zero-order valence-electron chi connectivity index (χ0n) is 13.2. The minimum absolute atomic E-state index is 0.243. The van der Waals surface area contributed by atoms with Gasteiger partial charge < -0.3 is 0 Å². The predicted octanol–water partition coefficient (Wildman–Crippen LogP) is 4.01. The number of carbonyl (C=O) groups is 1. The summed E-state index contributed by atoms with van der Waals surface area (Å²) in [4.78, 5) is 19.1. The third-order valence-electron chi connectivity index (χ3n) is 3.46. The molecule has 0 aliphatic heterocycles. The minimum Gasteiger partial charge on any atom is -0.296 e. The van der Waals surface area contributed by atoms with Crippen molar-refractivity contribution in [2.24, 2.45) is 0 Å². The Hall–Kier alpha value is -2.84. The third kappa shape index (κ3) is 3.35. The van der Waals surface area contributed by atoms with Gasteiger partial charge >= 0.3 is 0 Å². The monoisotopic (exact) mass is 367 g/mol. The van der Waals surface area contributed by atoms with Crippen molar-refractivity contribution >= 4 is 33.7 Å². The first kappa shape index (κ1) is 15.7. The average molecular weight is 367 g/mol. The molecule has 0 saturated heterocycles. The Morgan fingerprint density at radius 2 is 2.00 bits per heavy atom. The van der Waals surface area contributed by atoms with Crippen LogP contribution >= 0.6 is 22.7 Å². The molecule has 0 spiro atoms. The fraction of sp³-hybridized carbons (Fsp3) is 0.0588. The zero-order chi connectivity index (χ0) is 17.2. The number of carbonyl (C=O) groups excluding carboxylic acids is 1. The van der Waals surface area contributed by atoms with Gasteiger partial charge in [-0.05, 0) is 31.2 Å². The Balaban J connectivity index is 1.49. The van der Waals surface area contributed by atoms with Crippen LogP contribution in [0.2, 0.25) is 0 Å². The Kier molecular flexibility index (Phi) is 4.12. The first-order valence-electron chi connectivity index (χ1n) is 7.50. The molecule has 0 bridgehead atoms. The normalized spacial score (nSPS) is 10.8. The number of aryl methyl sites for hydroxylation is 1. The molecule has 0 saturated carbocycles. The number of hydrogen-bond acceptors (Lipinski definition) is 6. The van der Waals surface area contributed by atoms with Crippen LogP contribution in [0.5, 0.6) is 0 Å². The van der Waals surface area contributed by atoms with E-state index in [1.54, 1.807) is 22.2 Å². The van der Waals surface area contributed by atoms with Gasteiger partial charge in [0.25, 0.3) is 5.91 Å². The number of anilines is 1. The first-order valence-corrected chi connectivity index (χ1v) is 9.20. The van der Waals surface area contributed by atoms with E-state index < -0.39 is 0 Å². The maximum Gasteiger partial charge on any atom is 0.279 e. The number of aromatic nitrogens is 4. The molecule has 1 N–H and O–H groups in total. The van der Waals surface area contributed by atoms with Crippen LogP contribution in [0.4, 0.5) is 5.13 Å². The van der Waals surface area contributed by atoms with Crippen LogP contribution in [0, 0.1) is 6.92 Å². The summed E-state index contributed by atoms with van der Waals surface area (Å²) in [6.45, 7) is 2.05. The standard InChI is InChI=1S/C17H13N5OS2/c1-11-7-8-15(25-11)14-10-24-17(18-14)19-16(23)13-9-22(21-20-13)12-5-3-2-4-6-12/h2-10H,1H3,(H,18,19,23). The van der Waals surface area contributed by atoms with Gasteiger partial charge in [0.2, 0.25) is 0 Å². The highest BCUT2D eigenvalue weighted by atomic mass is 32.1. The van der Waals surface area contributed by atoms with Crippen LogP contribution in [-0.2, 0) is 0 Å². The fourth-order valence-electron chi connectivity index (χ4n) is 2.25. The van der Waals surface area contributed by atoms with Crippen molar-refractivity contribution < 1.29 is 4.79 Å². The molecule has 124 valence electrons. The maximum absolute atomic E-state index is 12.4. The van der Waals surface area contributed by atoms with Gasteiger partial charge in [-0.15, -0.1) is 27.8 Å². The molecule has 6 nitrogen and oxygen atoms in total. The second-order valence-corrected chi connectivity index (χ2v) is 7.43. The van der Waals surface area contributed by atoms with Crippen molar-refractivity contribution in [2.45, 2.75) is 6.92 Å². The number of benzene rings is 1. The van der Waals surface area contributed by atoms with E-state index in [4.69, 9.17) is 0 Å². The summed E-state index contributed by atoms with van der Waals surface area (Å²) in [5.74, 6) is -0.328. The van der Waals surface area contributed by atoms with Gasteiger partial charge in [-0.3, -0.25) is 10.1 Å². The van der Waals surface area contributed by atoms with Gasteiger partial charge in [0, 0.05) is 10.3 Å². The number of thiophene rings is 1. The van der Waals surface area contributed by atoms with Gasteiger partial charge in [0.15, 0.2) is 10.8 Å². The van der Waals surface area contributed by atoms with Crippen LogP contribution in [-0.4, -0.2) is 25.9 Å². The van der Waals surface area contributed by atoms with Crippen LogP contribution < -0.4 is 5.32 Å². The van der Waals surface area contributed by atoms with E-state index in [1.165, 1.54) is 16.2 Å². The molecule has 4 aromatic rings. The van der Waals surface area contributed by atoms with Crippen molar-refractivity contribution in [3.63, 3.8) is 0 Å². The topological polar surface area (TPSA) is 72.7 Å². The van der Waals surface area contributed by atoms with E-state index in [0.717, 1.165) is 16.3 Å². The number of amides is 1. The molecule has 4 rings (SSSR count). The molecule has 3 heterocycles. The number of para-hydroxylation sites is 1. The van der Waals surface area contributed by atoms with Gasteiger partial charge in [0.1, 0.15) is 0 Å². The summed E-state index contributed by atoms with van der Waals surface area (Å²) >= 11 is 3.06. The van der Waals surface area contributed by atoms with Crippen LogP contribution in [0.1, 0.15) is 15.4 Å². The Bertz CT molecular complexity index is 1020. The van der Waals surface area contributed by atoms with E-state index >= 15 is 0 Å². The molecular weight excluding hydrogens is 354 g/mol. The highest BCUT2D eigenvalue weighted by Gasteiger charge is 2.14. The van der Waals surface area contributed by atoms with Crippen LogP contribution in [0.25, 0.3) is 16.3 Å². The number of nitrogens with one attached hydrogen (secondary N) is 1. The van der Waals surface area contributed by atoms with E-state index in [0.29, 0.717) is 5.13 Å². The van der Waals surface area contributed by atoms with Gasteiger partial charge in [-0.1, -0.05) is 23.4 Å². The van der Waals surface area contributed by atoms with Crippen LogP contribution in [0.15, 0.2) is 54.0 Å². The lowest BCUT2D eigenvalue weighted by atomic mass is 10.3. The summed E-state index contributed by atoms with van der Waals surface area (Å²) in [7, 11) is 0. The molecule has 0 unspecified atom stereocenters. The molecule has 0 atom stereocenters. The fourth-order valence-corrected chi connectivity index (χ4v) is 3.86. The number of nitrogens with zero attached hydrogens (tertiary/aromatic N) is 4. The summed E-state index contributed by atoms with van der Waals surface area (Å²) < 4.78 is 1.57. The second kappa shape index (κ2) is 6.58. The number of hydrogen-bond donors (Lipinski definition) is 1. The van der Waals surface area contributed by atoms with Crippen molar-refractivity contribution in [3.8, 4) is 16.3 Å². The summed E-state index contributed by atoms with van der Waals surface area (Å²) in [6.07, 6.45) is 1.60. The lowest BCUT2D eigenvalue weighted by molar-refractivity contribution is 0.102. The lowest BCUT2D eigenvalue weighted by Crippen LogP contribution is -2.12. The Morgan fingerprint density at radius 1 is 1.16 bits per heavy atom.